The zero-order valence-corrected chi connectivity index (χ0v) is 9.37. The van der Waals surface area contributed by atoms with Crippen LogP contribution in [0.1, 0.15) is 34.6 Å². The summed E-state index contributed by atoms with van der Waals surface area (Å²) < 4.78 is -0.762. The SMILES string of the molecule is CC(C)N(C(C)C)C(C)(Cl)Cl. The summed E-state index contributed by atoms with van der Waals surface area (Å²) in [7, 11) is 0. The Kier molecular flexibility index (Phi) is 4.17. The molecule has 0 heterocycles. The van der Waals surface area contributed by atoms with Crippen LogP contribution in [-0.4, -0.2) is 21.4 Å². The zero-order valence-electron chi connectivity index (χ0n) is 7.86. The molecule has 0 unspecified atom stereocenters. The molecule has 0 aromatic rings. The molecule has 0 saturated carbocycles. The Morgan fingerprint density at radius 1 is 1.00 bits per heavy atom. The lowest BCUT2D eigenvalue weighted by Crippen LogP contribution is -2.46. The molecule has 0 amide bonds. The lowest BCUT2D eigenvalue weighted by molar-refractivity contribution is 0.143. The molecular weight excluding hydrogens is 181 g/mol. The van der Waals surface area contributed by atoms with Crippen LogP contribution in [0.5, 0.6) is 0 Å². The van der Waals surface area contributed by atoms with Gasteiger partial charge >= 0.3 is 0 Å². The number of hydrogen-bond acceptors (Lipinski definition) is 1. The molecule has 0 saturated heterocycles. The number of nitrogens with zero attached hydrogens (tertiary/aromatic N) is 1. The molecule has 0 aliphatic carbocycles. The van der Waals surface area contributed by atoms with Gasteiger partial charge in [-0.05, 0) is 34.6 Å². The lowest BCUT2D eigenvalue weighted by Gasteiger charge is -2.38. The first-order valence-corrected chi connectivity index (χ1v) is 4.68. The summed E-state index contributed by atoms with van der Waals surface area (Å²) >= 11 is 12.0. The number of halogens is 2. The fraction of sp³-hybridized carbons (Fsp3) is 1.00. The first-order chi connectivity index (χ1) is 4.76. The summed E-state index contributed by atoms with van der Waals surface area (Å²) in [5, 5.41) is 0. The van der Waals surface area contributed by atoms with Gasteiger partial charge in [-0.1, -0.05) is 23.2 Å². The summed E-state index contributed by atoms with van der Waals surface area (Å²) in [4.78, 5) is 2.05. The van der Waals surface area contributed by atoms with E-state index in [2.05, 4.69) is 32.6 Å². The van der Waals surface area contributed by atoms with Crippen molar-refractivity contribution in [3.63, 3.8) is 0 Å². The zero-order chi connectivity index (χ0) is 9.23. The highest BCUT2D eigenvalue weighted by molar-refractivity contribution is 6.47. The van der Waals surface area contributed by atoms with E-state index < -0.39 is 4.46 Å². The molecule has 0 rings (SSSR count). The van der Waals surface area contributed by atoms with Gasteiger partial charge in [-0.2, -0.15) is 0 Å². The van der Waals surface area contributed by atoms with Crippen LogP contribution in [0.25, 0.3) is 0 Å². The van der Waals surface area contributed by atoms with E-state index in [0.29, 0.717) is 12.1 Å². The van der Waals surface area contributed by atoms with E-state index in [1.54, 1.807) is 6.92 Å². The largest absolute Gasteiger partial charge is 0.268 e. The van der Waals surface area contributed by atoms with Gasteiger partial charge < -0.3 is 0 Å². The normalized spacial score (nSPS) is 13.6. The van der Waals surface area contributed by atoms with E-state index in [-0.39, 0.29) is 0 Å². The van der Waals surface area contributed by atoms with Crippen LogP contribution < -0.4 is 0 Å². The minimum atomic E-state index is -0.762. The van der Waals surface area contributed by atoms with Gasteiger partial charge in [-0.3, -0.25) is 4.90 Å². The Labute approximate surface area is 79.7 Å². The van der Waals surface area contributed by atoms with E-state index in [1.807, 2.05) is 0 Å². The molecule has 1 nitrogen and oxygen atoms in total. The summed E-state index contributed by atoms with van der Waals surface area (Å²) in [6.45, 7) is 10.1. The Morgan fingerprint density at radius 3 is 1.27 bits per heavy atom. The Morgan fingerprint density at radius 2 is 1.27 bits per heavy atom. The second-order valence-corrected chi connectivity index (χ2v) is 5.10. The maximum Gasteiger partial charge on any atom is 0.168 e. The quantitative estimate of drug-likeness (QED) is 0.497. The van der Waals surface area contributed by atoms with Gasteiger partial charge in [0.2, 0.25) is 0 Å². The predicted octanol–water partition coefficient (Wildman–Crippen LogP) is 3.26. The van der Waals surface area contributed by atoms with Gasteiger partial charge in [0.25, 0.3) is 0 Å². The van der Waals surface area contributed by atoms with E-state index in [9.17, 15) is 0 Å². The van der Waals surface area contributed by atoms with Crippen molar-refractivity contribution in [1.29, 1.82) is 0 Å². The third-order valence-electron chi connectivity index (χ3n) is 1.57. The standard InChI is InChI=1S/C8H17Cl2N/c1-6(2)11(7(3)4)8(5,9)10/h6-7H,1-5H3. The molecule has 0 aliphatic heterocycles. The van der Waals surface area contributed by atoms with Crippen LogP contribution in [0.3, 0.4) is 0 Å². The molecule has 0 radical (unpaired) electrons. The number of rotatable bonds is 3. The number of hydrogen-bond donors (Lipinski definition) is 0. The fourth-order valence-corrected chi connectivity index (χ4v) is 2.28. The van der Waals surface area contributed by atoms with Crippen LogP contribution in [0.4, 0.5) is 0 Å². The molecule has 0 bridgehead atoms. The molecule has 0 atom stereocenters. The Hall–Kier alpha value is 0.540. The topological polar surface area (TPSA) is 3.24 Å². The molecule has 0 N–H and O–H groups in total. The number of alkyl halides is 2. The van der Waals surface area contributed by atoms with Crippen molar-refractivity contribution in [2.45, 2.75) is 51.2 Å². The maximum atomic E-state index is 5.98. The third kappa shape index (κ3) is 3.64. The van der Waals surface area contributed by atoms with Crippen molar-refractivity contribution in [2.24, 2.45) is 0 Å². The molecule has 0 fully saturated rings. The van der Waals surface area contributed by atoms with Gasteiger partial charge in [0, 0.05) is 12.1 Å². The van der Waals surface area contributed by atoms with Crippen molar-refractivity contribution in [3.8, 4) is 0 Å². The van der Waals surface area contributed by atoms with Crippen LogP contribution in [0.15, 0.2) is 0 Å². The molecule has 0 aliphatic rings. The lowest BCUT2D eigenvalue weighted by atomic mass is 10.2. The van der Waals surface area contributed by atoms with E-state index >= 15 is 0 Å². The van der Waals surface area contributed by atoms with E-state index in [0.717, 1.165) is 0 Å². The minimum absolute atomic E-state index is 0.370. The summed E-state index contributed by atoms with van der Waals surface area (Å²) in [6.07, 6.45) is 0. The Balaban J connectivity index is 4.35. The summed E-state index contributed by atoms with van der Waals surface area (Å²) in [6, 6.07) is 0.741. The van der Waals surface area contributed by atoms with Crippen molar-refractivity contribution in [2.75, 3.05) is 0 Å². The molecular formula is C8H17Cl2N. The second kappa shape index (κ2) is 3.97. The highest BCUT2D eigenvalue weighted by Gasteiger charge is 2.30. The predicted molar refractivity (Wildman–Crippen MR) is 52.2 cm³/mol. The van der Waals surface area contributed by atoms with Gasteiger partial charge in [0.05, 0.1) is 0 Å². The first kappa shape index (κ1) is 11.5. The minimum Gasteiger partial charge on any atom is -0.268 e. The molecule has 0 aromatic heterocycles. The average Bonchev–Trinajstić information content (AvgIpc) is 1.54. The van der Waals surface area contributed by atoms with Gasteiger partial charge in [0.1, 0.15) is 0 Å². The molecule has 0 aromatic carbocycles. The van der Waals surface area contributed by atoms with Gasteiger partial charge in [-0.15, -0.1) is 0 Å². The van der Waals surface area contributed by atoms with Crippen molar-refractivity contribution in [3.05, 3.63) is 0 Å². The monoisotopic (exact) mass is 197 g/mol. The maximum absolute atomic E-state index is 5.98. The van der Waals surface area contributed by atoms with Crippen molar-refractivity contribution in [1.82, 2.24) is 4.90 Å². The van der Waals surface area contributed by atoms with Gasteiger partial charge in [0.15, 0.2) is 4.46 Å². The molecule has 0 spiro atoms. The van der Waals surface area contributed by atoms with E-state index in [4.69, 9.17) is 23.2 Å². The highest BCUT2D eigenvalue weighted by atomic mass is 35.5. The van der Waals surface area contributed by atoms with Crippen LogP contribution in [-0.2, 0) is 0 Å². The molecule has 3 heteroatoms. The molecule has 11 heavy (non-hydrogen) atoms. The van der Waals surface area contributed by atoms with Crippen LogP contribution in [0.2, 0.25) is 0 Å². The second-order valence-electron chi connectivity index (χ2n) is 3.44. The molecule has 68 valence electrons. The van der Waals surface area contributed by atoms with Gasteiger partial charge in [-0.25, -0.2) is 0 Å². The summed E-state index contributed by atoms with van der Waals surface area (Å²) in [5.41, 5.74) is 0. The fourth-order valence-electron chi connectivity index (χ4n) is 1.50. The van der Waals surface area contributed by atoms with E-state index in [1.165, 1.54) is 0 Å². The summed E-state index contributed by atoms with van der Waals surface area (Å²) in [5.74, 6) is 0. The average molecular weight is 198 g/mol. The third-order valence-corrected chi connectivity index (χ3v) is 1.96. The first-order valence-electron chi connectivity index (χ1n) is 3.93. The van der Waals surface area contributed by atoms with Crippen LogP contribution in [0, 0.1) is 0 Å². The smallest absolute Gasteiger partial charge is 0.168 e. The van der Waals surface area contributed by atoms with Crippen LogP contribution >= 0.6 is 23.2 Å². The van der Waals surface area contributed by atoms with Crippen molar-refractivity contribution < 1.29 is 0 Å². The van der Waals surface area contributed by atoms with Crippen molar-refractivity contribution >= 4 is 23.2 Å². The Bertz CT molecular complexity index is 108. The highest BCUT2D eigenvalue weighted by Crippen LogP contribution is 2.29.